The SMILES string of the molecule is C=Cc1ccc2c(c1)CCC(C(=O)c1noc(-c3ccccc3)c1C(F)(F)F)C2C=O. The van der Waals surface area contributed by atoms with Gasteiger partial charge in [0.25, 0.3) is 0 Å². The second-order valence-corrected chi connectivity index (χ2v) is 7.43. The van der Waals surface area contributed by atoms with Gasteiger partial charge < -0.3 is 9.32 Å². The molecule has 0 spiro atoms. The summed E-state index contributed by atoms with van der Waals surface area (Å²) in [4.78, 5) is 25.1. The molecule has 2 aromatic carbocycles. The second kappa shape index (κ2) is 7.98. The molecule has 2 atom stereocenters. The summed E-state index contributed by atoms with van der Waals surface area (Å²) in [6.07, 6.45) is -1.86. The zero-order chi connectivity index (χ0) is 22.2. The molecule has 0 saturated heterocycles. The number of hydrogen-bond donors (Lipinski definition) is 0. The average Bonchev–Trinajstić information content (AvgIpc) is 3.24. The van der Waals surface area contributed by atoms with Crippen LogP contribution in [-0.4, -0.2) is 17.2 Å². The maximum absolute atomic E-state index is 13.9. The Morgan fingerprint density at radius 2 is 1.90 bits per heavy atom. The van der Waals surface area contributed by atoms with Crippen LogP contribution in [0.3, 0.4) is 0 Å². The number of carbonyl (C=O) groups is 2. The molecule has 0 N–H and O–H groups in total. The van der Waals surface area contributed by atoms with Crippen molar-refractivity contribution in [1.82, 2.24) is 5.16 Å². The maximum atomic E-state index is 13.9. The van der Waals surface area contributed by atoms with Crippen LogP contribution in [0.5, 0.6) is 0 Å². The summed E-state index contributed by atoms with van der Waals surface area (Å²) < 4.78 is 46.8. The molecular formula is C24H18F3NO3. The summed E-state index contributed by atoms with van der Waals surface area (Å²) in [6.45, 7) is 3.71. The summed E-state index contributed by atoms with van der Waals surface area (Å²) in [5.74, 6) is -3.15. The lowest BCUT2D eigenvalue weighted by molar-refractivity contribution is -0.137. The van der Waals surface area contributed by atoms with Crippen molar-refractivity contribution in [1.29, 1.82) is 0 Å². The third kappa shape index (κ3) is 3.71. The van der Waals surface area contributed by atoms with E-state index in [4.69, 9.17) is 4.52 Å². The van der Waals surface area contributed by atoms with E-state index in [0.717, 1.165) is 11.1 Å². The number of benzene rings is 2. The predicted octanol–water partition coefficient (Wildman–Crippen LogP) is 5.73. The van der Waals surface area contributed by atoms with E-state index in [-0.39, 0.29) is 12.0 Å². The van der Waals surface area contributed by atoms with Crippen LogP contribution >= 0.6 is 0 Å². The van der Waals surface area contributed by atoms with Gasteiger partial charge in [-0.1, -0.05) is 66.3 Å². The van der Waals surface area contributed by atoms with Crippen molar-refractivity contribution in [2.75, 3.05) is 0 Å². The van der Waals surface area contributed by atoms with E-state index in [1.54, 1.807) is 36.4 Å². The molecule has 0 amide bonds. The fraction of sp³-hybridized carbons (Fsp3) is 0.208. The van der Waals surface area contributed by atoms with Gasteiger partial charge in [0.15, 0.2) is 17.2 Å². The number of alkyl halides is 3. The van der Waals surface area contributed by atoms with Crippen LogP contribution in [0.2, 0.25) is 0 Å². The standard InChI is InChI=1S/C24H18F3NO3/c1-2-14-8-10-17-16(12-14)9-11-18(19(17)13-29)22(30)21-20(24(25,26)27)23(31-28-21)15-6-4-3-5-7-15/h2-8,10,12-13,18-19H,1,9,11H2. The zero-order valence-corrected chi connectivity index (χ0v) is 16.4. The Bertz CT molecular complexity index is 1150. The highest BCUT2D eigenvalue weighted by Crippen LogP contribution is 2.43. The quantitative estimate of drug-likeness (QED) is 0.387. The van der Waals surface area contributed by atoms with E-state index in [1.807, 2.05) is 6.07 Å². The van der Waals surface area contributed by atoms with Gasteiger partial charge in [-0.3, -0.25) is 4.79 Å². The summed E-state index contributed by atoms with van der Waals surface area (Å²) in [5.41, 5.74) is 0.580. The van der Waals surface area contributed by atoms with Crippen LogP contribution in [0.15, 0.2) is 59.6 Å². The molecule has 0 saturated carbocycles. The fourth-order valence-corrected chi connectivity index (χ4v) is 4.15. The van der Waals surface area contributed by atoms with E-state index in [9.17, 15) is 22.8 Å². The van der Waals surface area contributed by atoms with Crippen LogP contribution in [-0.2, 0) is 17.4 Å². The van der Waals surface area contributed by atoms with Gasteiger partial charge in [0.2, 0.25) is 0 Å². The molecule has 0 fully saturated rings. The Kier molecular flexibility index (Phi) is 5.35. The van der Waals surface area contributed by atoms with Crippen molar-refractivity contribution >= 4 is 18.1 Å². The predicted molar refractivity (Wildman–Crippen MR) is 108 cm³/mol. The minimum absolute atomic E-state index is 0.166. The van der Waals surface area contributed by atoms with E-state index >= 15 is 0 Å². The molecule has 1 aliphatic carbocycles. The molecule has 3 aromatic rings. The number of rotatable bonds is 5. The van der Waals surface area contributed by atoms with Crippen molar-refractivity contribution in [2.24, 2.45) is 5.92 Å². The molecule has 1 aromatic heterocycles. The van der Waals surface area contributed by atoms with Crippen LogP contribution < -0.4 is 0 Å². The number of carbonyl (C=O) groups excluding carboxylic acids is 2. The molecule has 1 heterocycles. The first kappa shape index (κ1) is 20.8. The highest BCUT2D eigenvalue weighted by atomic mass is 19.4. The van der Waals surface area contributed by atoms with Gasteiger partial charge in [0.1, 0.15) is 11.8 Å². The number of fused-ring (bicyclic) bond motifs is 1. The molecule has 4 rings (SSSR count). The van der Waals surface area contributed by atoms with Crippen LogP contribution in [0.1, 0.15) is 45.1 Å². The van der Waals surface area contributed by atoms with Gasteiger partial charge in [0.05, 0.1) is 5.92 Å². The number of aldehydes is 1. The zero-order valence-electron chi connectivity index (χ0n) is 16.4. The fourth-order valence-electron chi connectivity index (χ4n) is 4.15. The van der Waals surface area contributed by atoms with Crippen molar-refractivity contribution in [3.63, 3.8) is 0 Å². The van der Waals surface area contributed by atoms with Crippen molar-refractivity contribution in [3.05, 3.63) is 83.1 Å². The van der Waals surface area contributed by atoms with Crippen molar-refractivity contribution in [2.45, 2.75) is 24.9 Å². The molecule has 31 heavy (non-hydrogen) atoms. The van der Waals surface area contributed by atoms with Gasteiger partial charge >= 0.3 is 6.18 Å². The number of ketones is 1. The Morgan fingerprint density at radius 3 is 2.55 bits per heavy atom. The van der Waals surface area contributed by atoms with Gasteiger partial charge in [-0.25, -0.2) is 0 Å². The number of Topliss-reactive ketones (excluding diaryl/α,β-unsaturated/α-hetero) is 1. The topological polar surface area (TPSA) is 60.2 Å². The smallest absolute Gasteiger partial charge is 0.355 e. The first-order valence-electron chi connectivity index (χ1n) is 9.72. The van der Waals surface area contributed by atoms with E-state index < -0.39 is 40.8 Å². The summed E-state index contributed by atoms with van der Waals surface area (Å²) in [6, 6.07) is 13.1. The first-order chi connectivity index (χ1) is 14.8. The minimum Gasteiger partial charge on any atom is -0.355 e. The van der Waals surface area contributed by atoms with Crippen LogP contribution in [0.25, 0.3) is 17.4 Å². The van der Waals surface area contributed by atoms with Gasteiger partial charge in [-0.2, -0.15) is 13.2 Å². The van der Waals surface area contributed by atoms with E-state index in [1.165, 1.54) is 12.1 Å². The molecule has 7 heteroatoms. The minimum atomic E-state index is -4.85. The number of hydrogen-bond acceptors (Lipinski definition) is 4. The van der Waals surface area contributed by atoms with Crippen LogP contribution in [0, 0.1) is 5.92 Å². The van der Waals surface area contributed by atoms with E-state index in [0.29, 0.717) is 18.3 Å². The molecule has 0 aliphatic heterocycles. The van der Waals surface area contributed by atoms with Crippen molar-refractivity contribution in [3.8, 4) is 11.3 Å². The Morgan fingerprint density at radius 1 is 1.16 bits per heavy atom. The maximum Gasteiger partial charge on any atom is 0.422 e. The monoisotopic (exact) mass is 425 g/mol. The highest BCUT2D eigenvalue weighted by Gasteiger charge is 2.45. The number of nitrogens with zero attached hydrogens (tertiary/aromatic N) is 1. The average molecular weight is 425 g/mol. The molecule has 1 aliphatic rings. The van der Waals surface area contributed by atoms with Gasteiger partial charge in [0, 0.05) is 11.5 Å². The summed E-state index contributed by atoms with van der Waals surface area (Å²) in [7, 11) is 0. The second-order valence-electron chi connectivity index (χ2n) is 7.43. The lowest BCUT2D eigenvalue weighted by atomic mass is 9.72. The van der Waals surface area contributed by atoms with Gasteiger partial charge in [-0.05, 0) is 29.5 Å². The Hall–Kier alpha value is -3.48. The Labute approximate surface area is 176 Å². The summed E-state index contributed by atoms with van der Waals surface area (Å²) in [5, 5.41) is 3.51. The first-order valence-corrected chi connectivity index (χ1v) is 9.72. The number of aryl methyl sites for hydroxylation is 1. The Balaban J connectivity index is 1.77. The number of halogens is 3. The van der Waals surface area contributed by atoms with Gasteiger partial charge in [-0.15, -0.1) is 0 Å². The molecule has 2 unspecified atom stereocenters. The lowest BCUT2D eigenvalue weighted by Crippen LogP contribution is -2.30. The largest absolute Gasteiger partial charge is 0.422 e. The number of aromatic nitrogens is 1. The van der Waals surface area contributed by atoms with Crippen molar-refractivity contribution < 1.29 is 27.3 Å². The molecule has 0 radical (unpaired) electrons. The third-order valence-electron chi connectivity index (χ3n) is 5.65. The highest BCUT2D eigenvalue weighted by molar-refractivity contribution is 6.01. The normalized spacial score (nSPS) is 18.3. The molecule has 4 nitrogen and oxygen atoms in total. The molecule has 0 bridgehead atoms. The summed E-state index contributed by atoms with van der Waals surface area (Å²) >= 11 is 0. The third-order valence-corrected chi connectivity index (χ3v) is 5.65. The molecule has 158 valence electrons. The van der Waals surface area contributed by atoms with Crippen LogP contribution in [0.4, 0.5) is 13.2 Å². The lowest BCUT2D eigenvalue weighted by Gasteiger charge is -2.29. The molecular weight excluding hydrogens is 407 g/mol. The van der Waals surface area contributed by atoms with E-state index in [2.05, 4.69) is 11.7 Å².